The zero-order valence-electron chi connectivity index (χ0n) is 14.1. The lowest BCUT2D eigenvalue weighted by atomic mass is 9.88. The highest BCUT2D eigenvalue weighted by Gasteiger charge is 2.26. The van der Waals surface area contributed by atoms with Gasteiger partial charge >= 0.3 is 0 Å². The van der Waals surface area contributed by atoms with Gasteiger partial charge in [-0.15, -0.1) is 0 Å². The molecular formula is C21H26N2O. The fraction of sp³-hybridized carbons (Fsp3) is 0.381. The van der Waals surface area contributed by atoms with E-state index < -0.39 is 0 Å². The summed E-state index contributed by atoms with van der Waals surface area (Å²) in [7, 11) is 0. The van der Waals surface area contributed by atoms with Crippen LogP contribution in [0, 0.1) is 5.92 Å². The second-order valence-electron chi connectivity index (χ2n) is 6.75. The van der Waals surface area contributed by atoms with E-state index in [4.69, 9.17) is 5.73 Å². The average Bonchev–Trinajstić information content (AvgIpc) is 2.63. The Morgan fingerprint density at radius 2 is 1.58 bits per heavy atom. The third-order valence-corrected chi connectivity index (χ3v) is 4.85. The summed E-state index contributed by atoms with van der Waals surface area (Å²) in [6, 6.07) is 20.2. The quantitative estimate of drug-likeness (QED) is 0.831. The van der Waals surface area contributed by atoms with Crippen LogP contribution in [0.15, 0.2) is 60.7 Å². The molecule has 1 aliphatic heterocycles. The summed E-state index contributed by atoms with van der Waals surface area (Å²) in [4.78, 5) is 14.9. The van der Waals surface area contributed by atoms with Gasteiger partial charge in [0, 0.05) is 24.1 Å². The minimum absolute atomic E-state index is 0.147. The summed E-state index contributed by atoms with van der Waals surface area (Å²) >= 11 is 0. The number of likely N-dealkylation sites (tertiary alicyclic amines) is 1. The van der Waals surface area contributed by atoms with Crippen molar-refractivity contribution in [2.75, 3.05) is 19.6 Å². The molecule has 0 aromatic heterocycles. The Balaban J connectivity index is 1.46. The van der Waals surface area contributed by atoms with Crippen molar-refractivity contribution in [3.05, 3.63) is 71.8 Å². The Kier molecular flexibility index (Phi) is 5.78. The molecule has 0 radical (unpaired) electrons. The molecule has 1 fully saturated rings. The van der Waals surface area contributed by atoms with E-state index in [0.717, 1.165) is 44.5 Å². The smallest absolute Gasteiger partial charge is 0.166 e. The number of benzene rings is 2. The summed E-state index contributed by atoms with van der Waals surface area (Å²) in [6.07, 6.45) is 2.78. The van der Waals surface area contributed by atoms with Crippen molar-refractivity contribution in [3.8, 4) is 0 Å². The van der Waals surface area contributed by atoms with Gasteiger partial charge in [-0.25, -0.2) is 0 Å². The van der Waals surface area contributed by atoms with E-state index in [1.165, 1.54) is 5.56 Å². The molecule has 1 heterocycles. The average molecular weight is 322 g/mol. The van der Waals surface area contributed by atoms with Crippen molar-refractivity contribution in [1.29, 1.82) is 0 Å². The minimum atomic E-state index is 0.147. The van der Waals surface area contributed by atoms with Gasteiger partial charge in [0.2, 0.25) is 0 Å². The third-order valence-electron chi connectivity index (χ3n) is 4.85. The lowest BCUT2D eigenvalue weighted by Gasteiger charge is -2.33. The van der Waals surface area contributed by atoms with E-state index >= 15 is 0 Å². The molecule has 3 heteroatoms. The number of Topliss-reactive ketones (excluding diaryl/α,β-unsaturated/α-hetero) is 1. The summed E-state index contributed by atoms with van der Waals surface area (Å²) in [6.45, 7) is 2.83. The molecule has 3 rings (SSSR count). The number of nitrogens with two attached hydrogens (primary N) is 1. The molecule has 1 atom stereocenters. The number of nitrogens with zero attached hydrogens (tertiary/aromatic N) is 1. The Hall–Kier alpha value is -1.97. The second-order valence-corrected chi connectivity index (χ2v) is 6.75. The van der Waals surface area contributed by atoms with Crippen molar-refractivity contribution in [1.82, 2.24) is 4.90 Å². The zero-order chi connectivity index (χ0) is 16.8. The molecule has 1 unspecified atom stereocenters. The molecule has 2 N–H and O–H groups in total. The van der Waals surface area contributed by atoms with E-state index in [-0.39, 0.29) is 12.0 Å². The first-order chi connectivity index (χ1) is 11.7. The van der Waals surface area contributed by atoms with Crippen LogP contribution in [0.5, 0.6) is 0 Å². The molecule has 126 valence electrons. The van der Waals surface area contributed by atoms with Crippen LogP contribution in [0.4, 0.5) is 0 Å². The normalized spacial score (nSPS) is 17.5. The predicted octanol–water partition coefficient (Wildman–Crippen LogP) is 3.15. The Morgan fingerprint density at radius 3 is 2.21 bits per heavy atom. The van der Waals surface area contributed by atoms with Crippen LogP contribution in [0.3, 0.4) is 0 Å². The van der Waals surface area contributed by atoms with Crippen LogP contribution in [-0.2, 0) is 6.42 Å². The van der Waals surface area contributed by atoms with Crippen LogP contribution in [-0.4, -0.2) is 36.4 Å². The SMILES string of the molecule is NC(Cc1ccccc1)CN1CCC(C(=O)c2ccccc2)CC1. The molecular weight excluding hydrogens is 296 g/mol. The van der Waals surface area contributed by atoms with E-state index in [9.17, 15) is 4.79 Å². The lowest BCUT2D eigenvalue weighted by molar-refractivity contribution is 0.0836. The van der Waals surface area contributed by atoms with Gasteiger partial charge in [0.25, 0.3) is 0 Å². The standard InChI is InChI=1S/C21H26N2O/c22-20(15-17-7-3-1-4-8-17)16-23-13-11-19(12-14-23)21(24)18-9-5-2-6-10-18/h1-10,19-20H,11-16,22H2. The van der Waals surface area contributed by atoms with E-state index in [2.05, 4.69) is 29.2 Å². The highest BCUT2D eigenvalue weighted by molar-refractivity contribution is 5.97. The first-order valence-corrected chi connectivity index (χ1v) is 8.83. The largest absolute Gasteiger partial charge is 0.326 e. The van der Waals surface area contributed by atoms with Crippen molar-refractivity contribution >= 4 is 5.78 Å². The Morgan fingerprint density at radius 1 is 1.00 bits per heavy atom. The number of carbonyl (C=O) groups is 1. The van der Waals surface area contributed by atoms with Gasteiger partial charge in [-0.1, -0.05) is 60.7 Å². The molecule has 0 bridgehead atoms. The highest BCUT2D eigenvalue weighted by atomic mass is 16.1. The first kappa shape index (κ1) is 16.9. The van der Waals surface area contributed by atoms with Crippen LogP contribution in [0.2, 0.25) is 0 Å². The van der Waals surface area contributed by atoms with E-state index in [1.54, 1.807) is 0 Å². The fourth-order valence-electron chi connectivity index (χ4n) is 3.53. The van der Waals surface area contributed by atoms with E-state index in [1.807, 2.05) is 36.4 Å². The lowest BCUT2D eigenvalue weighted by Crippen LogP contribution is -2.43. The van der Waals surface area contributed by atoms with Gasteiger partial charge in [0.05, 0.1) is 0 Å². The highest BCUT2D eigenvalue weighted by Crippen LogP contribution is 2.22. The van der Waals surface area contributed by atoms with Crippen molar-refractivity contribution in [3.63, 3.8) is 0 Å². The molecule has 1 aliphatic rings. The maximum atomic E-state index is 12.5. The summed E-state index contributed by atoms with van der Waals surface area (Å²) < 4.78 is 0. The van der Waals surface area contributed by atoms with Gasteiger partial charge in [0.15, 0.2) is 5.78 Å². The number of hydrogen-bond donors (Lipinski definition) is 1. The number of hydrogen-bond acceptors (Lipinski definition) is 3. The molecule has 1 saturated heterocycles. The van der Waals surface area contributed by atoms with Gasteiger partial charge in [0.1, 0.15) is 0 Å². The number of ketones is 1. The molecule has 0 aliphatic carbocycles. The van der Waals surface area contributed by atoms with Crippen LogP contribution < -0.4 is 5.73 Å². The topological polar surface area (TPSA) is 46.3 Å². The number of rotatable bonds is 6. The molecule has 0 saturated carbocycles. The van der Waals surface area contributed by atoms with Gasteiger partial charge in [-0.2, -0.15) is 0 Å². The molecule has 0 amide bonds. The van der Waals surface area contributed by atoms with Crippen molar-refractivity contribution in [2.24, 2.45) is 11.7 Å². The zero-order valence-corrected chi connectivity index (χ0v) is 14.1. The molecule has 2 aromatic rings. The summed E-state index contributed by atoms with van der Waals surface area (Å²) in [5.74, 6) is 0.456. The maximum absolute atomic E-state index is 12.5. The van der Waals surface area contributed by atoms with Crippen molar-refractivity contribution < 1.29 is 4.79 Å². The van der Waals surface area contributed by atoms with Gasteiger partial charge < -0.3 is 10.6 Å². The second kappa shape index (κ2) is 8.22. The van der Waals surface area contributed by atoms with E-state index in [0.29, 0.717) is 5.78 Å². The predicted molar refractivity (Wildman–Crippen MR) is 98.1 cm³/mol. The van der Waals surface area contributed by atoms with Gasteiger partial charge in [-0.3, -0.25) is 4.79 Å². The van der Waals surface area contributed by atoms with Gasteiger partial charge in [-0.05, 0) is 37.9 Å². The van der Waals surface area contributed by atoms with Crippen molar-refractivity contribution in [2.45, 2.75) is 25.3 Å². The molecule has 24 heavy (non-hydrogen) atoms. The van der Waals surface area contributed by atoms with Crippen LogP contribution in [0.1, 0.15) is 28.8 Å². The maximum Gasteiger partial charge on any atom is 0.166 e. The number of piperidine rings is 1. The minimum Gasteiger partial charge on any atom is -0.326 e. The third kappa shape index (κ3) is 4.53. The fourth-order valence-corrected chi connectivity index (χ4v) is 3.53. The molecule has 0 spiro atoms. The Bertz CT molecular complexity index is 633. The van der Waals surface area contributed by atoms with Crippen LogP contribution >= 0.6 is 0 Å². The first-order valence-electron chi connectivity index (χ1n) is 8.83. The summed E-state index contributed by atoms with van der Waals surface area (Å²) in [5, 5.41) is 0. The van der Waals surface area contributed by atoms with Crippen LogP contribution in [0.25, 0.3) is 0 Å². The summed E-state index contributed by atoms with van der Waals surface area (Å²) in [5.41, 5.74) is 8.45. The molecule has 2 aromatic carbocycles. The number of carbonyl (C=O) groups excluding carboxylic acids is 1. The Labute approximate surface area is 144 Å². The monoisotopic (exact) mass is 322 g/mol. The molecule has 3 nitrogen and oxygen atoms in total.